The van der Waals surface area contributed by atoms with Gasteiger partial charge in [0.2, 0.25) is 0 Å². The van der Waals surface area contributed by atoms with Crippen LogP contribution in [0.25, 0.3) is 16.6 Å². The van der Waals surface area contributed by atoms with Gasteiger partial charge in [0, 0.05) is 23.5 Å². The van der Waals surface area contributed by atoms with Gasteiger partial charge in [-0.15, -0.1) is 10.2 Å². The molecular weight excluding hydrogens is 414 g/mol. The van der Waals surface area contributed by atoms with E-state index in [9.17, 15) is 0 Å². The molecule has 1 aliphatic carbocycles. The van der Waals surface area contributed by atoms with Crippen molar-refractivity contribution in [3.8, 4) is 0 Å². The number of rotatable bonds is 6. The highest BCUT2D eigenvalue weighted by Gasteiger charge is 2.34. The molecule has 1 fully saturated rings. The number of para-hydroxylation sites is 1. The highest BCUT2D eigenvalue weighted by molar-refractivity contribution is 5.85. The SMILES string of the molecule is CC[C@@H](c1nnnn1C(C)(C)C)N(Cc1cc2cccc(C)c2n2nnnc12)C1CCCC1. The highest BCUT2D eigenvalue weighted by atomic mass is 15.6. The molecule has 1 aromatic carbocycles. The van der Waals surface area contributed by atoms with Gasteiger partial charge in [0.25, 0.3) is 0 Å². The van der Waals surface area contributed by atoms with Gasteiger partial charge in [-0.1, -0.05) is 38.0 Å². The first-order chi connectivity index (χ1) is 15.9. The van der Waals surface area contributed by atoms with Crippen molar-refractivity contribution in [3.63, 3.8) is 0 Å². The van der Waals surface area contributed by atoms with Crippen LogP contribution in [0, 0.1) is 6.92 Å². The minimum Gasteiger partial charge on any atom is -0.286 e. The summed E-state index contributed by atoms with van der Waals surface area (Å²) in [5, 5.41) is 26.9. The quantitative estimate of drug-likeness (QED) is 0.437. The predicted molar refractivity (Wildman–Crippen MR) is 127 cm³/mol. The Morgan fingerprint density at radius 3 is 2.58 bits per heavy atom. The standard InChI is InChI=1S/C24H33N9/c1-6-20(23-26-28-30-33(23)24(3,4)5)31(19-12-7-8-13-19)15-18-14-17-11-9-10-16(2)21(17)32-22(18)25-27-29-32/h9-11,14,19-20H,6-8,12-13,15H2,1-5H3/t20-/m0/s1. The van der Waals surface area contributed by atoms with Crippen molar-refractivity contribution in [1.82, 2.24) is 45.1 Å². The van der Waals surface area contributed by atoms with E-state index < -0.39 is 0 Å². The molecule has 0 unspecified atom stereocenters. The zero-order valence-corrected chi connectivity index (χ0v) is 20.2. The summed E-state index contributed by atoms with van der Waals surface area (Å²) in [6, 6.07) is 9.21. The third kappa shape index (κ3) is 3.88. The second-order valence-corrected chi connectivity index (χ2v) is 10.3. The fourth-order valence-corrected chi connectivity index (χ4v) is 5.37. The molecule has 0 saturated heterocycles. The highest BCUT2D eigenvalue weighted by Crippen LogP contribution is 2.35. The van der Waals surface area contributed by atoms with Crippen LogP contribution >= 0.6 is 0 Å². The second-order valence-electron chi connectivity index (χ2n) is 10.3. The van der Waals surface area contributed by atoms with E-state index in [0.29, 0.717) is 6.04 Å². The maximum atomic E-state index is 4.52. The minimum absolute atomic E-state index is 0.117. The molecule has 1 atom stereocenters. The minimum atomic E-state index is -0.182. The van der Waals surface area contributed by atoms with Gasteiger partial charge < -0.3 is 0 Å². The van der Waals surface area contributed by atoms with E-state index >= 15 is 0 Å². The maximum Gasteiger partial charge on any atom is 0.184 e. The first kappa shape index (κ1) is 21.9. The van der Waals surface area contributed by atoms with Crippen molar-refractivity contribution >= 4 is 16.6 Å². The molecule has 4 aromatic rings. The zero-order chi connectivity index (χ0) is 23.2. The van der Waals surface area contributed by atoms with E-state index in [4.69, 9.17) is 0 Å². The second kappa shape index (κ2) is 8.44. The average molecular weight is 448 g/mol. The third-order valence-corrected chi connectivity index (χ3v) is 6.93. The molecule has 0 aliphatic heterocycles. The number of hydrogen-bond acceptors (Lipinski definition) is 7. The number of nitrogens with zero attached hydrogens (tertiary/aromatic N) is 9. The number of aromatic nitrogens is 8. The van der Waals surface area contributed by atoms with Gasteiger partial charge in [-0.25, -0.2) is 4.68 Å². The molecule has 0 bridgehead atoms. The molecule has 33 heavy (non-hydrogen) atoms. The lowest BCUT2D eigenvalue weighted by atomic mass is 10.0. The summed E-state index contributed by atoms with van der Waals surface area (Å²) in [7, 11) is 0. The molecule has 0 N–H and O–H groups in total. The Morgan fingerprint density at radius 1 is 1.09 bits per heavy atom. The van der Waals surface area contributed by atoms with Crippen LogP contribution in [0.3, 0.4) is 0 Å². The molecule has 9 nitrogen and oxygen atoms in total. The summed E-state index contributed by atoms with van der Waals surface area (Å²) in [6.07, 6.45) is 5.85. The van der Waals surface area contributed by atoms with Gasteiger partial charge in [0.05, 0.1) is 17.1 Å². The number of aryl methyl sites for hydroxylation is 1. The number of fused-ring (bicyclic) bond motifs is 3. The molecule has 3 aromatic heterocycles. The van der Waals surface area contributed by atoms with Crippen LogP contribution in [0.4, 0.5) is 0 Å². The van der Waals surface area contributed by atoms with Crippen LogP contribution in [-0.2, 0) is 12.1 Å². The van der Waals surface area contributed by atoms with Crippen molar-refractivity contribution in [2.24, 2.45) is 0 Å². The number of tetrazole rings is 2. The van der Waals surface area contributed by atoms with Crippen molar-refractivity contribution in [2.75, 3.05) is 0 Å². The van der Waals surface area contributed by atoms with Gasteiger partial charge in [0.1, 0.15) is 0 Å². The predicted octanol–water partition coefficient (Wildman–Crippen LogP) is 4.22. The number of benzene rings is 1. The molecule has 3 heterocycles. The van der Waals surface area contributed by atoms with E-state index in [1.165, 1.54) is 31.2 Å². The fourth-order valence-electron chi connectivity index (χ4n) is 5.37. The molecule has 174 valence electrons. The normalized spacial score (nSPS) is 16.4. The fraction of sp³-hybridized carbons (Fsp3) is 0.583. The summed E-state index contributed by atoms with van der Waals surface area (Å²) in [5.41, 5.74) is 4.01. The smallest absolute Gasteiger partial charge is 0.184 e. The molecule has 1 aliphatic rings. The molecule has 9 heteroatoms. The lowest BCUT2D eigenvalue weighted by Crippen LogP contribution is -2.39. The Morgan fingerprint density at radius 2 is 1.85 bits per heavy atom. The van der Waals surface area contributed by atoms with Gasteiger partial charge in [-0.2, -0.15) is 4.52 Å². The van der Waals surface area contributed by atoms with Crippen molar-refractivity contribution < 1.29 is 0 Å². The van der Waals surface area contributed by atoms with Crippen molar-refractivity contribution in [3.05, 3.63) is 41.2 Å². The van der Waals surface area contributed by atoms with Gasteiger partial charge in [-0.3, -0.25) is 4.90 Å². The van der Waals surface area contributed by atoms with Crippen LogP contribution in [0.5, 0.6) is 0 Å². The Kier molecular flexibility index (Phi) is 5.60. The van der Waals surface area contributed by atoms with Gasteiger partial charge in [-0.05, 0) is 79.4 Å². The van der Waals surface area contributed by atoms with E-state index in [1.54, 1.807) is 0 Å². The topological polar surface area (TPSA) is 89.9 Å². The summed E-state index contributed by atoms with van der Waals surface area (Å²) < 4.78 is 3.88. The molecule has 0 amide bonds. The van der Waals surface area contributed by atoms with Crippen molar-refractivity contribution in [2.45, 2.75) is 90.9 Å². The molecule has 0 spiro atoms. The van der Waals surface area contributed by atoms with Gasteiger partial charge in [0.15, 0.2) is 11.5 Å². The number of pyridine rings is 1. The van der Waals surface area contributed by atoms with Crippen molar-refractivity contribution in [1.29, 1.82) is 0 Å². The van der Waals surface area contributed by atoms with Crippen LogP contribution < -0.4 is 0 Å². The van der Waals surface area contributed by atoms with E-state index in [1.807, 2.05) is 9.20 Å². The summed E-state index contributed by atoms with van der Waals surface area (Å²) in [5.74, 6) is 0.934. The summed E-state index contributed by atoms with van der Waals surface area (Å²) in [4.78, 5) is 2.60. The molecular formula is C24H33N9. The molecule has 0 radical (unpaired) electrons. The Balaban J connectivity index is 1.62. The largest absolute Gasteiger partial charge is 0.286 e. The Bertz CT molecular complexity index is 1260. The van der Waals surface area contributed by atoms with E-state index in [-0.39, 0.29) is 11.6 Å². The summed E-state index contributed by atoms with van der Waals surface area (Å²) >= 11 is 0. The van der Waals surface area contributed by atoms with Crippen LogP contribution in [0.2, 0.25) is 0 Å². The first-order valence-electron chi connectivity index (χ1n) is 12.0. The van der Waals surface area contributed by atoms with Gasteiger partial charge >= 0.3 is 0 Å². The maximum absolute atomic E-state index is 4.52. The first-order valence-corrected chi connectivity index (χ1v) is 12.0. The van der Waals surface area contributed by atoms with Crippen LogP contribution in [0.1, 0.15) is 82.8 Å². The summed E-state index contributed by atoms with van der Waals surface area (Å²) in [6.45, 7) is 11.5. The monoisotopic (exact) mass is 447 g/mol. The Hall–Kier alpha value is -2.94. The van der Waals surface area contributed by atoms with Crippen LogP contribution in [-0.4, -0.2) is 51.2 Å². The van der Waals surface area contributed by atoms with E-state index in [2.05, 4.69) is 94.8 Å². The van der Waals surface area contributed by atoms with Crippen LogP contribution in [0.15, 0.2) is 24.3 Å². The molecule has 5 rings (SSSR count). The Labute approximate surface area is 194 Å². The number of hydrogen-bond donors (Lipinski definition) is 0. The lowest BCUT2D eigenvalue weighted by molar-refractivity contribution is 0.108. The lowest BCUT2D eigenvalue weighted by Gasteiger charge is -2.36. The van der Waals surface area contributed by atoms with E-state index in [0.717, 1.165) is 40.9 Å². The average Bonchev–Trinajstić information content (AvgIpc) is 3.54. The molecule has 1 saturated carbocycles. The zero-order valence-electron chi connectivity index (χ0n) is 20.2. The third-order valence-electron chi connectivity index (χ3n) is 6.93.